The van der Waals surface area contributed by atoms with E-state index in [2.05, 4.69) is 15.3 Å². The second kappa shape index (κ2) is 6.73. The minimum Gasteiger partial charge on any atom is -0.393 e. The molecular formula is C14H13N7. The van der Waals surface area contributed by atoms with E-state index in [9.17, 15) is 0 Å². The number of nitrogens with one attached hydrogen (secondary N) is 1. The van der Waals surface area contributed by atoms with Crippen molar-refractivity contribution in [3.8, 4) is 12.1 Å². The highest BCUT2D eigenvalue weighted by molar-refractivity contribution is 5.78. The Hall–Kier alpha value is -3.32. The Balaban J connectivity index is 2.31. The Morgan fingerprint density at radius 1 is 1.10 bits per heavy atom. The Kier molecular flexibility index (Phi) is 4.52. The van der Waals surface area contributed by atoms with Crippen LogP contribution >= 0.6 is 0 Å². The van der Waals surface area contributed by atoms with E-state index in [1.54, 1.807) is 0 Å². The number of nitrogens with zero attached hydrogens (tertiary/aromatic N) is 5. The van der Waals surface area contributed by atoms with E-state index in [4.69, 9.17) is 16.3 Å². The van der Waals surface area contributed by atoms with Crippen LogP contribution in [0.15, 0.2) is 36.7 Å². The number of benzene rings is 1. The lowest BCUT2D eigenvalue weighted by Crippen LogP contribution is -2.26. The van der Waals surface area contributed by atoms with Crippen LogP contribution < -0.4 is 16.0 Å². The highest BCUT2D eigenvalue weighted by atomic mass is 15.2. The van der Waals surface area contributed by atoms with Gasteiger partial charge in [-0.2, -0.15) is 10.5 Å². The molecule has 0 atom stereocenters. The van der Waals surface area contributed by atoms with Crippen LogP contribution in [0.3, 0.4) is 0 Å². The summed E-state index contributed by atoms with van der Waals surface area (Å²) in [6.07, 6.45) is 1.35. The summed E-state index contributed by atoms with van der Waals surface area (Å²) in [7, 11) is 0. The van der Waals surface area contributed by atoms with E-state index in [-0.39, 0.29) is 13.1 Å². The van der Waals surface area contributed by atoms with Crippen molar-refractivity contribution in [1.82, 2.24) is 9.97 Å². The Morgan fingerprint density at radius 3 is 2.38 bits per heavy atom. The third-order valence-corrected chi connectivity index (χ3v) is 2.72. The number of nitrogens with two attached hydrogens (primary N) is 1. The highest BCUT2D eigenvalue weighted by Gasteiger charge is 2.14. The van der Waals surface area contributed by atoms with Crippen LogP contribution in [-0.2, 0) is 0 Å². The van der Waals surface area contributed by atoms with Crippen LogP contribution in [0, 0.1) is 22.7 Å². The highest BCUT2D eigenvalue weighted by Crippen LogP contribution is 2.28. The van der Waals surface area contributed by atoms with Crippen LogP contribution in [0.4, 0.5) is 23.0 Å². The van der Waals surface area contributed by atoms with Crippen molar-refractivity contribution in [1.29, 1.82) is 10.5 Å². The number of nitrogen functional groups attached to an aromatic ring is 1. The van der Waals surface area contributed by atoms with Crippen molar-refractivity contribution in [2.24, 2.45) is 0 Å². The summed E-state index contributed by atoms with van der Waals surface area (Å²) in [5, 5.41) is 20.7. The van der Waals surface area contributed by atoms with Crippen molar-refractivity contribution in [3.05, 3.63) is 36.7 Å². The predicted molar refractivity (Wildman–Crippen MR) is 79.6 cm³/mol. The minimum atomic E-state index is 0.0273. The molecule has 1 heterocycles. The van der Waals surface area contributed by atoms with Gasteiger partial charge in [-0.25, -0.2) is 9.97 Å². The van der Waals surface area contributed by atoms with E-state index in [0.717, 1.165) is 5.69 Å². The lowest BCUT2D eigenvalue weighted by atomic mass is 10.3. The Morgan fingerprint density at radius 2 is 1.76 bits per heavy atom. The fourth-order valence-corrected chi connectivity index (χ4v) is 1.77. The van der Waals surface area contributed by atoms with E-state index in [1.165, 1.54) is 11.2 Å². The standard InChI is InChI=1S/C14H13N7/c15-6-8-21(9-7-16)14-12(17)13(18-10-19-14)20-11-4-2-1-3-5-11/h1-5,10H,8-9,17H2,(H,18,19,20). The molecule has 0 saturated heterocycles. The molecular weight excluding hydrogens is 266 g/mol. The molecule has 2 rings (SSSR count). The molecule has 1 aromatic heterocycles. The van der Waals surface area contributed by atoms with Crippen molar-refractivity contribution < 1.29 is 0 Å². The molecule has 7 nitrogen and oxygen atoms in total. The van der Waals surface area contributed by atoms with Gasteiger partial charge in [-0.15, -0.1) is 0 Å². The zero-order valence-corrected chi connectivity index (χ0v) is 11.2. The molecule has 0 aliphatic rings. The van der Waals surface area contributed by atoms with Gasteiger partial charge < -0.3 is 16.0 Å². The molecule has 0 aliphatic heterocycles. The minimum absolute atomic E-state index is 0.0273. The number of aromatic nitrogens is 2. The van der Waals surface area contributed by atoms with Crippen LogP contribution in [0.2, 0.25) is 0 Å². The third-order valence-electron chi connectivity index (χ3n) is 2.72. The first-order valence-electron chi connectivity index (χ1n) is 6.17. The molecule has 0 spiro atoms. The molecule has 0 amide bonds. The molecule has 3 N–H and O–H groups in total. The normalized spacial score (nSPS) is 9.43. The molecule has 0 radical (unpaired) electrons. The number of hydrogen-bond acceptors (Lipinski definition) is 7. The molecule has 0 saturated carbocycles. The van der Waals surface area contributed by atoms with Crippen LogP contribution in [-0.4, -0.2) is 23.1 Å². The summed E-state index contributed by atoms with van der Waals surface area (Å²) in [4.78, 5) is 9.66. The first kappa shape index (κ1) is 14.1. The van der Waals surface area contributed by atoms with Crippen LogP contribution in [0.1, 0.15) is 0 Å². The summed E-state index contributed by atoms with van der Waals surface area (Å²) in [6.45, 7) is 0.0547. The lowest BCUT2D eigenvalue weighted by Gasteiger charge is -2.19. The van der Waals surface area contributed by atoms with Gasteiger partial charge in [-0.1, -0.05) is 18.2 Å². The molecule has 0 bridgehead atoms. The Labute approximate surface area is 122 Å². The fraction of sp³-hybridized carbons (Fsp3) is 0.143. The number of hydrogen-bond donors (Lipinski definition) is 2. The topological polar surface area (TPSA) is 115 Å². The first-order chi connectivity index (χ1) is 10.3. The number of nitriles is 2. The summed E-state index contributed by atoms with van der Waals surface area (Å²) >= 11 is 0. The second-order valence-corrected chi connectivity index (χ2v) is 4.12. The molecule has 0 fully saturated rings. The quantitative estimate of drug-likeness (QED) is 0.799. The zero-order valence-electron chi connectivity index (χ0n) is 11.2. The number of rotatable bonds is 5. The zero-order chi connectivity index (χ0) is 15.1. The van der Waals surface area contributed by atoms with Gasteiger partial charge in [0.05, 0.1) is 12.1 Å². The summed E-state index contributed by atoms with van der Waals surface area (Å²) in [5.74, 6) is 0.804. The SMILES string of the molecule is N#CCN(CC#N)c1ncnc(Nc2ccccc2)c1N. The molecule has 1 aromatic carbocycles. The summed E-state index contributed by atoms with van der Waals surface area (Å²) in [6, 6.07) is 13.4. The molecule has 104 valence electrons. The lowest BCUT2D eigenvalue weighted by molar-refractivity contribution is 0.930. The summed E-state index contributed by atoms with van der Waals surface area (Å²) < 4.78 is 0. The van der Waals surface area contributed by atoms with Crippen molar-refractivity contribution in [2.75, 3.05) is 29.0 Å². The monoisotopic (exact) mass is 279 g/mol. The van der Waals surface area contributed by atoms with E-state index < -0.39 is 0 Å². The van der Waals surface area contributed by atoms with Gasteiger partial charge in [-0.05, 0) is 12.1 Å². The molecule has 7 heteroatoms. The molecule has 21 heavy (non-hydrogen) atoms. The average molecular weight is 279 g/mol. The maximum absolute atomic E-state index is 8.82. The third kappa shape index (κ3) is 3.37. The van der Waals surface area contributed by atoms with Gasteiger partial charge in [0, 0.05) is 5.69 Å². The first-order valence-corrected chi connectivity index (χ1v) is 6.17. The number of para-hydroxylation sites is 1. The van der Waals surface area contributed by atoms with Gasteiger partial charge in [0.1, 0.15) is 25.1 Å². The molecule has 0 aliphatic carbocycles. The second-order valence-electron chi connectivity index (χ2n) is 4.12. The van der Waals surface area contributed by atoms with E-state index in [0.29, 0.717) is 17.3 Å². The summed E-state index contributed by atoms with van der Waals surface area (Å²) in [5.41, 5.74) is 7.18. The van der Waals surface area contributed by atoms with Gasteiger partial charge in [-0.3, -0.25) is 0 Å². The van der Waals surface area contributed by atoms with Gasteiger partial charge >= 0.3 is 0 Å². The van der Waals surface area contributed by atoms with E-state index in [1.807, 2.05) is 42.5 Å². The molecule has 2 aromatic rings. The van der Waals surface area contributed by atoms with Crippen LogP contribution in [0.5, 0.6) is 0 Å². The van der Waals surface area contributed by atoms with E-state index >= 15 is 0 Å². The smallest absolute Gasteiger partial charge is 0.159 e. The van der Waals surface area contributed by atoms with Crippen molar-refractivity contribution >= 4 is 23.0 Å². The van der Waals surface area contributed by atoms with Crippen molar-refractivity contribution in [3.63, 3.8) is 0 Å². The van der Waals surface area contributed by atoms with Gasteiger partial charge in [0.2, 0.25) is 0 Å². The predicted octanol–water partition coefficient (Wildman–Crippen LogP) is 1.66. The molecule has 0 unspecified atom stereocenters. The van der Waals surface area contributed by atoms with Crippen molar-refractivity contribution in [2.45, 2.75) is 0 Å². The van der Waals surface area contributed by atoms with Gasteiger partial charge in [0.25, 0.3) is 0 Å². The maximum atomic E-state index is 8.82. The maximum Gasteiger partial charge on any atom is 0.159 e. The fourth-order valence-electron chi connectivity index (χ4n) is 1.77. The van der Waals surface area contributed by atoms with Crippen LogP contribution in [0.25, 0.3) is 0 Å². The van der Waals surface area contributed by atoms with Gasteiger partial charge in [0.15, 0.2) is 11.6 Å². The largest absolute Gasteiger partial charge is 0.393 e. The average Bonchev–Trinajstić information content (AvgIpc) is 2.50. The number of anilines is 4. The Bertz CT molecular complexity index is 669.